The van der Waals surface area contributed by atoms with Gasteiger partial charge in [-0.15, -0.1) is 0 Å². The Morgan fingerprint density at radius 2 is 1.95 bits per heavy atom. The van der Waals surface area contributed by atoms with Crippen LogP contribution in [0.3, 0.4) is 0 Å². The molecular formula is C19H24ClNO. The van der Waals surface area contributed by atoms with Crippen LogP contribution in [0.1, 0.15) is 50.5 Å². The standard InChI is InChI=1S/C19H24ClNO/c1-13-11-16(20)8-9-17(13)14(2)22-18-15(7-6-10-21-18)12-19(3,4)5/h6-11,14H,12H2,1-5H3. The smallest absolute Gasteiger partial charge is 0.217 e. The Morgan fingerprint density at radius 3 is 2.59 bits per heavy atom. The van der Waals surface area contributed by atoms with E-state index in [0.717, 1.165) is 34.0 Å². The lowest BCUT2D eigenvalue weighted by Crippen LogP contribution is -2.13. The molecule has 1 aromatic heterocycles. The van der Waals surface area contributed by atoms with E-state index in [0.29, 0.717) is 0 Å². The highest BCUT2D eigenvalue weighted by Gasteiger charge is 2.18. The molecule has 2 nitrogen and oxygen atoms in total. The van der Waals surface area contributed by atoms with E-state index in [4.69, 9.17) is 16.3 Å². The van der Waals surface area contributed by atoms with Crippen molar-refractivity contribution in [1.82, 2.24) is 4.98 Å². The second kappa shape index (κ2) is 6.70. The Labute approximate surface area is 138 Å². The molecule has 3 heteroatoms. The predicted octanol–water partition coefficient (Wildman–Crippen LogP) is 5.77. The summed E-state index contributed by atoms with van der Waals surface area (Å²) in [5, 5.41) is 0.750. The van der Waals surface area contributed by atoms with Crippen LogP contribution >= 0.6 is 11.6 Å². The summed E-state index contributed by atoms with van der Waals surface area (Å²) in [6, 6.07) is 9.94. The lowest BCUT2D eigenvalue weighted by molar-refractivity contribution is 0.212. The molecule has 0 saturated carbocycles. The van der Waals surface area contributed by atoms with Gasteiger partial charge in [0.2, 0.25) is 5.88 Å². The summed E-state index contributed by atoms with van der Waals surface area (Å²) in [4.78, 5) is 4.43. The molecule has 0 aliphatic rings. The molecule has 0 aliphatic heterocycles. The van der Waals surface area contributed by atoms with Crippen LogP contribution in [-0.4, -0.2) is 4.98 Å². The van der Waals surface area contributed by atoms with E-state index in [1.807, 2.05) is 31.2 Å². The highest BCUT2D eigenvalue weighted by Crippen LogP contribution is 2.30. The Balaban J connectivity index is 2.23. The lowest BCUT2D eigenvalue weighted by atomic mass is 9.88. The van der Waals surface area contributed by atoms with Crippen molar-refractivity contribution in [2.45, 2.75) is 47.1 Å². The SMILES string of the molecule is Cc1cc(Cl)ccc1C(C)Oc1ncccc1CC(C)(C)C. The van der Waals surface area contributed by atoms with Gasteiger partial charge in [-0.1, -0.05) is 44.5 Å². The molecule has 2 rings (SSSR count). The Hall–Kier alpha value is -1.54. The topological polar surface area (TPSA) is 22.1 Å². The predicted molar refractivity (Wildman–Crippen MR) is 92.6 cm³/mol. The summed E-state index contributed by atoms with van der Waals surface area (Å²) in [5.41, 5.74) is 3.61. The minimum Gasteiger partial charge on any atom is -0.470 e. The van der Waals surface area contributed by atoms with Gasteiger partial charge in [-0.3, -0.25) is 0 Å². The molecule has 118 valence electrons. The van der Waals surface area contributed by atoms with Gasteiger partial charge in [0, 0.05) is 16.8 Å². The average Bonchev–Trinajstić information content (AvgIpc) is 2.39. The molecule has 2 aromatic rings. The highest BCUT2D eigenvalue weighted by atomic mass is 35.5. The monoisotopic (exact) mass is 317 g/mol. The van der Waals surface area contributed by atoms with Crippen LogP contribution in [0.15, 0.2) is 36.5 Å². The molecule has 1 aromatic carbocycles. The van der Waals surface area contributed by atoms with E-state index in [9.17, 15) is 0 Å². The zero-order valence-electron chi connectivity index (χ0n) is 14.0. The molecule has 1 heterocycles. The molecule has 0 bridgehead atoms. The minimum absolute atomic E-state index is 0.0640. The van der Waals surface area contributed by atoms with Gasteiger partial charge in [0.05, 0.1) is 0 Å². The van der Waals surface area contributed by atoms with E-state index in [2.05, 4.69) is 38.7 Å². The van der Waals surface area contributed by atoms with Crippen LogP contribution in [0.2, 0.25) is 5.02 Å². The van der Waals surface area contributed by atoms with Gasteiger partial charge < -0.3 is 4.74 Å². The Morgan fingerprint density at radius 1 is 1.23 bits per heavy atom. The Bertz CT molecular complexity index is 646. The van der Waals surface area contributed by atoms with E-state index in [-0.39, 0.29) is 11.5 Å². The van der Waals surface area contributed by atoms with Crippen LogP contribution < -0.4 is 4.74 Å². The van der Waals surface area contributed by atoms with Crippen molar-refractivity contribution in [3.63, 3.8) is 0 Å². The number of benzene rings is 1. The lowest BCUT2D eigenvalue weighted by Gasteiger charge is -2.22. The number of ether oxygens (including phenoxy) is 1. The number of aromatic nitrogens is 1. The maximum absolute atomic E-state index is 6.14. The average molecular weight is 318 g/mol. The van der Waals surface area contributed by atoms with Crippen molar-refractivity contribution in [3.8, 4) is 5.88 Å². The quantitative estimate of drug-likeness (QED) is 0.714. The highest BCUT2D eigenvalue weighted by molar-refractivity contribution is 6.30. The molecule has 0 fully saturated rings. The van der Waals surface area contributed by atoms with Crippen LogP contribution in [0.5, 0.6) is 5.88 Å². The van der Waals surface area contributed by atoms with Gasteiger partial charge in [0.15, 0.2) is 0 Å². The van der Waals surface area contributed by atoms with E-state index < -0.39 is 0 Å². The maximum atomic E-state index is 6.14. The molecular weight excluding hydrogens is 294 g/mol. The number of hydrogen-bond acceptors (Lipinski definition) is 2. The molecule has 0 aliphatic carbocycles. The fourth-order valence-corrected chi connectivity index (χ4v) is 2.79. The summed E-state index contributed by atoms with van der Waals surface area (Å²) >= 11 is 6.03. The van der Waals surface area contributed by atoms with Crippen molar-refractivity contribution >= 4 is 11.6 Å². The largest absolute Gasteiger partial charge is 0.470 e. The van der Waals surface area contributed by atoms with Crippen molar-refractivity contribution in [1.29, 1.82) is 0 Å². The van der Waals surface area contributed by atoms with Crippen LogP contribution in [0, 0.1) is 12.3 Å². The fourth-order valence-electron chi connectivity index (χ4n) is 2.56. The number of aryl methyl sites for hydroxylation is 1. The second-order valence-corrected chi connectivity index (χ2v) is 7.40. The minimum atomic E-state index is -0.0640. The van der Waals surface area contributed by atoms with E-state index in [1.54, 1.807) is 6.20 Å². The first kappa shape index (κ1) is 16.8. The van der Waals surface area contributed by atoms with Gasteiger partial charge in [-0.05, 0) is 55.0 Å². The van der Waals surface area contributed by atoms with Gasteiger partial charge in [-0.25, -0.2) is 4.98 Å². The van der Waals surface area contributed by atoms with E-state index >= 15 is 0 Å². The summed E-state index contributed by atoms with van der Waals surface area (Å²) in [5.74, 6) is 0.722. The van der Waals surface area contributed by atoms with Crippen molar-refractivity contribution in [2.24, 2.45) is 5.41 Å². The second-order valence-electron chi connectivity index (χ2n) is 6.97. The normalized spacial score (nSPS) is 13.0. The summed E-state index contributed by atoms with van der Waals surface area (Å²) < 4.78 is 6.14. The van der Waals surface area contributed by atoms with Crippen LogP contribution in [-0.2, 0) is 6.42 Å². The van der Waals surface area contributed by atoms with Crippen molar-refractivity contribution < 1.29 is 4.74 Å². The van der Waals surface area contributed by atoms with Crippen molar-refractivity contribution in [3.05, 3.63) is 58.2 Å². The molecule has 22 heavy (non-hydrogen) atoms. The molecule has 1 unspecified atom stereocenters. The third-order valence-corrected chi connectivity index (χ3v) is 3.76. The summed E-state index contributed by atoms with van der Waals surface area (Å²) in [6.07, 6.45) is 2.65. The van der Waals surface area contributed by atoms with E-state index in [1.165, 1.54) is 0 Å². The van der Waals surface area contributed by atoms with Gasteiger partial charge in [0.1, 0.15) is 6.10 Å². The molecule has 0 N–H and O–H groups in total. The number of rotatable bonds is 4. The zero-order valence-corrected chi connectivity index (χ0v) is 14.7. The third-order valence-electron chi connectivity index (χ3n) is 3.53. The first-order chi connectivity index (χ1) is 10.3. The van der Waals surface area contributed by atoms with Gasteiger partial charge >= 0.3 is 0 Å². The zero-order chi connectivity index (χ0) is 16.3. The molecule has 0 radical (unpaired) electrons. The molecule has 0 saturated heterocycles. The maximum Gasteiger partial charge on any atom is 0.217 e. The Kier molecular flexibility index (Phi) is 5.12. The molecule has 0 spiro atoms. The molecule has 0 amide bonds. The summed E-state index contributed by atoms with van der Waals surface area (Å²) in [7, 11) is 0. The summed E-state index contributed by atoms with van der Waals surface area (Å²) in [6.45, 7) is 10.8. The first-order valence-corrected chi connectivity index (χ1v) is 8.01. The third kappa shape index (κ3) is 4.48. The number of pyridine rings is 1. The van der Waals surface area contributed by atoms with Crippen LogP contribution in [0.25, 0.3) is 0 Å². The molecule has 1 atom stereocenters. The fraction of sp³-hybridized carbons (Fsp3) is 0.421. The van der Waals surface area contributed by atoms with Gasteiger partial charge in [-0.2, -0.15) is 0 Å². The van der Waals surface area contributed by atoms with Crippen LogP contribution in [0.4, 0.5) is 0 Å². The first-order valence-electron chi connectivity index (χ1n) is 7.63. The van der Waals surface area contributed by atoms with Gasteiger partial charge in [0.25, 0.3) is 0 Å². The number of hydrogen-bond donors (Lipinski definition) is 0. The van der Waals surface area contributed by atoms with Crippen molar-refractivity contribution in [2.75, 3.05) is 0 Å². The number of halogens is 1. The number of nitrogens with zero attached hydrogens (tertiary/aromatic N) is 1.